The number of hydrogen-bond acceptors (Lipinski definition) is 4. The van der Waals surface area contributed by atoms with E-state index < -0.39 is 0 Å². The highest BCUT2D eigenvalue weighted by molar-refractivity contribution is 5.15. The zero-order valence-corrected chi connectivity index (χ0v) is 10.0. The molecule has 5 atom stereocenters. The van der Waals surface area contributed by atoms with Crippen molar-refractivity contribution in [3.05, 3.63) is 5.82 Å². The maximum absolute atomic E-state index is 10.3. The first-order chi connectivity index (χ1) is 8.24. The Bertz CT molecular complexity index is 429. The van der Waals surface area contributed by atoms with Crippen LogP contribution >= 0.6 is 0 Å². The van der Waals surface area contributed by atoms with E-state index in [1.807, 2.05) is 0 Å². The van der Waals surface area contributed by atoms with E-state index in [1.165, 1.54) is 24.1 Å². The molecule has 17 heavy (non-hydrogen) atoms. The maximum atomic E-state index is 10.3. The third-order valence-electron chi connectivity index (χ3n) is 5.18. The van der Waals surface area contributed by atoms with Gasteiger partial charge in [-0.05, 0) is 54.1 Å². The van der Waals surface area contributed by atoms with Gasteiger partial charge in [0.05, 0.1) is 13.2 Å². The van der Waals surface area contributed by atoms with Crippen molar-refractivity contribution in [2.45, 2.75) is 31.8 Å². The van der Waals surface area contributed by atoms with Gasteiger partial charge in [-0.1, -0.05) is 0 Å². The second-order valence-electron chi connectivity index (χ2n) is 6.03. The molecule has 5 heteroatoms. The Hall–Kier alpha value is -0.970. The Morgan fingerprint density at radius 1 is 1.35 bits per heavy atom. The molecule has 0 radical (unpaired) electrons. The highest BCUT2D eigenvalue weighted by atomic mass is 16.3. The topological polar surface area (TPSA) is 63.8 Å². The van der Waals surface area contributed by atoms with E-state index in [2.05, 4.69) is 15.4 Å². The Labute approximate surface area is 100 Å². The predicted molar refractivity (Wildman–Crippen MR) is 59.8 cm³/mol. The highest BCUT2D eigenvalue weighted by Crippen LogP contribution is 2.70. The molecule has 92 valence electrons. The molecular weight excluding hydrogens is 216 g/mol. The Morgan fingerprint density at radius 2 is 2.06 bits per heavy atom. The van der Waals surface area contributed by atoms with Crippen molar-refractivity contribution >= 4 is 0 Å². The molecule has 4 rings (SSSR count). The molecule has 2 bridgehead atoms. The van der Waals surface area contributed by atoms with E-state index in [9.17, 15) is 5.11 Å². The van der Waals surface area contributed by atoms with Crippen LogP contribution in [-0.4, -0.2) is 31.4 Å². The van der Waals surface area contributed by atoms with Crippen molar-refractivity contribution in [1.82, 2.24) is 20.2 Å². The first-order valence-electron chi connectivity index (χ1n) is 6.65. The summed E-state index contributed by atoms with van der Waals surface area (Å²) < 4.78 is 0. The van der Waals surface area contributed by atoms with Crippen LogP contribution < -0.4 is 0 Å². The molecule has 0 amide bonds. The average Bonchev–Trinajstić information content (AvgIpc) is 2.65. The van der Waals surface area contributed by atoms with Crippen molar-refractivity contribution in [2.75, 3.05) is 0 Å². The minimum Gasteiger partial charge on any atom is -0.392 e. The van der Waals surface area contributed by atoms with E-state index in [-0.39, 0.29) is 6.10 Å². The Balaban J connectivity index is 1.44. The van der Waals surface area contributed by atoms with Gasteiger partial charge in [-0.25, -0.2) is 0 Å². The molecule has 1 N–H and O–H groups in total. The highest BCUT2D eigenvalue weighted by Gasteiger charge is 2.66. The van der Waals surface area contributed by atoms with Crippen LogP contribution in [-0.2, 0) is 13.5 Å². The van der Waals surface area contributed by atoms with E-state index in [0.717, 1.165) is 23.7 Å². The molecule has 5 nitrogen and oxygen atoms in total. The number of rotatable bonds is 3. The predicted octanol–water partition coefficient (Wildman–Crippen LogP) is 0.406. The van der Waals surface area contributed by atoms with Gasteiger partial charge in [-0.15, -0.1) is 10.2 Å². The van der Waals surface area contributed by atoms with Crippen LogP contribution in [0, 0.1) is 29.6 Å². The van der Waals surface area contributed by atoms with Gasteiger partial charge in [-0.2, -0.15) is 4.80 Å². The Morgan fingerprint density at radius 3 is 2.65 bits per heavy atom. The monoisotopic (exact) mass is 234 g/mol. The third-order valence-corrected chi connectivity index (χ3v) is 5.18. The lowest BCUT2D eigenvalue weighted by molar-refractivity contribution is 0.126. The van der Waals surface area contributed by atoms with Crippen LogP contribution in [0.1, 0.15) is 25.1 Å². The normalized spacial score (nSPS) is 43.8. The number of hydrogen-bond donors (Lipinski definition) is 1. The van der Waals surface area contributed by atoms with E-state index in [4.69, 9.17) is 0 Å². The van der Waals surface area contributed by atoms with Crippen LogP contribution in [0.2, 0.25) is 0 Å². The number of aromatic nitrogens is 4. The quantitative estimate of drug-likeness (QED) is 0.822. The van der Waals surface area contributed by atoms with Crippen molar-refractivity contribution < 1.29 is 5.11 Å². The summed E-state index contributed by atoms with van der Waals surface area (Å²) in [6, 6.07) is 0. The molecule has 1 heterocycles. The lowest BCUT2D eigenvalue weighted by atomic mass is 9.97. The van der Waals surface area contributed by atoms with Crippen LogP contribution in [0.15, 0.2) is 0 Å². The molecule has 1 aromatic rings. The number of aryl methyl sites for hydroxylation is 1. The molecule has 0 spiro atoms. The fraction of sp³-hybridized carbons (Fsp3) is 0.917. The lowest BCUT2D eigenvalue weighted by Crippen LogP contribution is -2.19. The summed E-state index contributed by atoms with van der Waals surface area (Å²) in [5.41, 5.74) is 0. The van der Waals surface area contributed by atoms with Gasteiger partial charge in [0.1, 0.15) is 0 Å². The minimum absolute atomic E-state index is 0.252. The molecule has 5 unspecified atom stereocenters. The standard InChI is InChI=1S/C12H18N4O/c1-16-14-9(13-15-16)5-8(17)12-10-6-2-3-7(4-6)11(10)12/h6-8,10-12,17H,2-5H2,1H3. The van der Waals surface area contributed by atoms with Gasteiger partial charge < -0.3 is 5.11 Å². The fourth-order valence-corrected chi connectivity index (χ4v) is 4.64. The molecule has 0 aliphatic heterocycles. The van der Waals surface area contributed by atoms with Crippen molar-refractivity contribution in [1.29, 1.82) is 0 Å². The van der Waals surface area contributed by atoms with Crippen molar-refractivity contribution in [3.63, 3.8) is 0 Å². The summed E-state index contributed by atoms with van der Waals surface area (Å²) in [7, 11) is 1.76. The van der Waals surface area contributed by atoms with Gasteiger partial charge >= 0.3 is 0 Å². The number of nitrogens with zero attached hydrogens (tertiary/aromatic N) is 4. The summed E-state index contributed by atoms with van der Waals surface area (Å²) in [5.74, 6) is 4.68. The first-order valence-corrected chi connectivity index (χ1v) is 6.65. The van der Waals surface area contributed by atoms with E-state index in [1.54, 1.807) is 7.05 Å². The number of aliphatic hydroxyl groups is 1. The molecule has 0 aromatic carbocycles. The SMILES string of the molecule is Cn1nnc(CC(O)C2C3C4CCC(C4)C23)n1. The third kappa shape index (κ3) is 1.38. The van der Waals surface area contributed by atoms with Crippen LogP contribution in [0.3, 0.4) is 0 Å². The van der Waals surface area contributed by atoms with Crippen molar-refractivity contribution in [3.8, 4) is 0 Å². The molecule has 3 fully saturated rings. The summed E-state index contributed by atoms with van der Waals surface area (Å²) >= 11 is 0. The molecule has 3 aliphatic rings. The van der Waals surface area contributed by atoms with Gasteiger partial charge in [0.2, 0.25) is 0 Å². The molecule has 3 aliphatic carbocycles. The van der Waals surface area contributed by atoms with E-state index in [0.29, 0.717) is 18.2 Å². The van der Waals surface area contributed by atoms with Gasteiger partial charge in [-0.3, -0.25) is 0 Å². The van der Waals surface area contributed by atoms with Crippen molar-refractivity contribution in [2.24, 2.45) is 36.6 Å². The first kappa shape index (κ1) is 10.00. The summed E-state index contributed by atoms with van der Waals surface area (Å²) in [6.45, 7) is 0. The molecule has 0 saturated heterocycles. The summed E-state index contributed by atoms with van der Waals surface area (Å²) in [5, 5.41) is 22.2. The largest absolute Gasteiger partial charge is 0.392 e. The minimum atomic E-state index is -0.252. The van der Waals surface area contributed by atoms with E-state index >= 15 is 0 Å². The number of tetrazole rings is 1. The smallest absolute Gasteiger partial charge is 0.177 e. The second-order valence-corrected chi connectivity index (χ2v) is 6.03. The zero-order valence-electron chi connectivity index (χ0n) is 10.0. The zero-order chi connectivity index (χ0) is 11.6. The molecular formula is C12H18N4O. The molecule has 3 saturated carbocycles. The summed E-state index contributed by atoms with van der Waals surface area (Å²) in [6.07, 6.45) is 4.56. The van der Waals surface area contributed by atoms with Crippen LogP contribution in [0.25, 0.3) is 0 Å². The molecule has 1 aromatic heterocycles. The fourth-order valence-electron chi connectivity index (χ4n) is 4.64. The number of fused-ring (bicyclic) bond motifs is 5. The second kappa shape index (κ2) is 3.28. The maximum Gasteiger partial charge on any atom is 0.177 e. The summed E-state index contributed by atoms with van der Waals surface area (Å²) in [4.78, 5) is 1.46. The average molecular weight is 234 g/mol. The van der Waals surface area contributed by atoms with Gasteiger partial charge in [0.15, 0.2) is 5.82 Å². The van der Waals surface area contributed by atoms with Crippen LogP contribution in [0.4, 0.5) is 0 Å². The van der Waals surface area contributed by atoms with Crippen LogP contribution in [0.5, 0.6) is 0 Å². The lowest BCUT2D eigenvalue weighted by Gasteiger charge is -2.13. The Kier molecular flexibility index (Phi) is 1.93. The van der Waals surface area contributed by atoms with Gasteiger partial charge in [0.25, 0.3) is 0 Å². The van der Waals surface area contributed by atoms with Gasteiger partial charge in [0, 0.05) is 6.42 Å². The number of aliphatic hydroxyl groups excluding tert-OH is 1.